The van der Waals surface area contributed by atoms with E-state index in [-0.39, 0.29) is 6.42 Å². The molecule has 1 saturated heterocycles. The van der Waals surface area contributed by atoms with Crippen LogP contribution >= 0.6 is 0 Å². The second-order valence-corrected chi connectivity index (χ2v) is 9.67. The maximum atomic E-state index is 12.8. The Kier molecular flexibility index (Phi) is 7.24. The first kappa shape index (κ1) is 25.2. The summed E-state index contributed by atoms with van der Waals surface area (Å²) in [6.45, 7) is 4.06. The van der Waals surface area contributed by atoms with Crippen molar-refractivity contribution in [2.24, 2.45) is 0 Å². The molecule has 0 saturated carbocycles. The Hall–Kier alpha value is -4.43. The van der Waals surface area contributed by atoms with E-state index in [1.54, 1.807) is 12.3 Å². The van der Waals surface area contributed by atoms with Crippen molar-refractivity contribution >= 4 is 34.7 Å². The molecule has 2 aliphatic heterocycles. The summed E-state index contributed by atoms with van der Waals surface area (Å²) >= 11 is 0. The minimum absolute atomic E-state index is 0.0785. The topological polar surface area (TPSA) is 102 Å². The molecular formula is C30H30N4O4. The van der Waals surface area contributed by atoms with Gasteiger partial charge in [0.1, 0.15) is 0 Å². The number of hydrogen-bond acceptors (Lipinski definition) is 6. The molecule has 1 fully saturated rings. The lowest BCUT2D eigenvalue weighted by Gasteiger charge is -2.34. The number of hydrogen-bond donors (Lipinski definition) is 3. The van der Waals surface area contributed by atoms with Gasteiger partial charge in [0, 0.05) is 61.3 Å². The molecule has 3 N–H and O–H groups in total. The summed E-state index contributed by atoms with van der Waals surface area (Å²) < 4.78 is 0. The first-order valence-electron chi connectivity index (χ1n) is 12.7. The van der Waals surface area contributed by atoms with Crippen LogP contribution in [0, 0.1) is 0 Å². The summed E-state index contributed by atoms with van der Waals surface area (Å²) in [5.74, 6) is -1.70. The maximum absolute atomic E-state index is 12.8. The molecule has 0 aliphatic carbocycles. The van der Waals surface area contributed by atoms with Crippen molar-refractivity contribution in [2.45, 2.75) is 12.8 Å². The molecule has 8 heteroatoms. The lowest BCUT2D eigenvalue weighted by molar-refractivity contribution is -0.137. The minimum atomic E-state index is -0.828. The van der Waals surface area contributed by atoms with Crippen molar-refractivity contribution in [3.8, 4) is 11.1 Å². The summed E-state index contributed by atoms with van der Waals surface area (Å²) in [4.78, 5) is 40.8. The molecule has 0 spiro atoms. The van der Waals surface area contributed by atoms with Gasteiger partial charge < -0.3 is 20.2 Å². The van der Waals surface area contributed by atoms with Crippen LogP contribution in [0.3, 0.4) is 0 Å². The molecule has 5 rings (SSSR count). The Morgan fingerprint density at radius 3 is 2.26 bits per heavy atom. The van der Waals surface area contributed by atoms with Gasteiger partial charge in [-0.2, -0.15) is 0 Å². The van der Waals surface area contributed by atoms with Crippen LogP contribution in [0.15, 0.2) is 72.9 Å². The zero-order valence-electron chi connectivity index (χ0n) is 21.2. The highest BCUT2D eigenvalue weighted by Crippen LogP contribution is 2.30. The predicted octanol–water partition coefficient (Wildman–Crippen LogP) is 3.85. The van der Waals surface area contributed by atoms with Crippen molar-refractivity contribution in [2.75, 3.05) is 43.4 Å². The number of benzene rings is 3. The zero-order chi connectivity index (χ0) is 26.6. The average Bonchev–Trinajstić information content (AvgIpc) is 2.92. The summed E-state index contributed by atoms with van der Waals surface area (Å²) in [6.07, 6.45) is 2.18. The van der Waals surface area contributed by atoms with E-state index in [9.17, 15) is 14.4 Å². The number of piperazine rings is 1. The van der Waals surface area contributed by atoms with Crippen LogP contribution < -0.4 is 15.5 Å². The largest absolute Gasteiger partial charge is 0.481 e. The smallest absolute Gasteiger partial charge is 0.303 e. The number of carboxylic acids is 1. The lowest BCUT2D eigenvalue weighted by atomic mass is 9.91. The van der Waals surface area contributed by atoms with E-state index < -0.39 is 17.8 Å². The summed E-state index contributed by atoms with van der Waals surface area (Å²) in [5, 5.41) is 14.5. The first-order valence-corrected chi connectivity index (χ1v) is 12.7. The second kappa shape index (κ2) is 10.9. The van der Waals surface area contributed by atoms with Gasteiger partial charge >= 0.3 is 5.97 Å². The highest BCUT2D eigenvalue weighted by atomic mass is 16.4. The highest BCUT2D eigenvalue weighted by Gasteiger charge is 2.27. The van der Waals surface area contributed by atoms with Crippen LogP contribution in [0.4, 0.5) is 11.4 Å². The first-order chi connectivity index (χ1) is 18.4. The van der Waals surface area contributed by atoms with Gasteiger partial charge in [0.2, 0.25) is 0 Å². The van der Waals surface area contributed by atoms with Crippen LogP contribution in [0.5, 0.6) is 0 Å². The molecule has 38 heavy (non-hydrogen) atoms. The van der Waals surface area contributed by atoms with Crippen molar-refractivity contribution in [3.05, 3.63) is 89.6 Å². The van der Waals surface area contributed by atoms with E-state index in [0.717, 1.165) is 48.6 Å². The van der Waals surface area contributed by atoms with Gasteiger partial charge in [-0.15, -0.1) is 0 Å². The number of aryl methyl sites for hydroxylation is 1. The van der Waals surface area contributed by atoms with Crippen molar-refractivity contribution in [1.29, 1.82) is 0 Å². The van der Waals surface area contributed by atoms with Crippen LogP contribution in [-0.2, 0) is 16.0 Å². The number of carboxylic acid groups (broad SMARTS) is 1. The number of rotatable bonds is 7. The molecule has 3 aromatic carbocycles. The molecule has 194 valence electrons. The SMILES string of the molecule is CN1CCN(c2ccc(NC=C3C(=O)NC(=O)c4ccc(-c5ccc(CCC(=O)O)cc5)cc43)cc2)CC1. The quantitative estimate of drug-likeness (QED) is 0.328. The van der Waals surface area contributed by atoms with Crippen LogP contribution in [-0.4, -0.2) is 61.0 Å². The van der Waals surface area contributed by atoms with Gasteiger partial charge in [-0.1, -0.05) is 30.3 Å². The molecule has 0 bridgehead atoms. The second-order valence-electron chi connectivity index (χ2n) is 9.67. The lowest BCUT2D eigenvalue weighted by Crippen LogP contribution is -2.44. The summed E-state index contributed by atoms with van der Waals surface area (Å²) in [5.41, 5.74) is 6.10. The molecule has 2 heterocycles. The van der Waals surface area contributed by atoms with Gasteiger partial charge in [0.25, 0.3) is 11.8 Å². The molecule has 0 aromatic heterocycles. The third-order valence-corrected chi connectivity index (χ3v) is 7.06. The Morgan fingerprint density at radius 1 is 0.895 bits per heavy atom. The van der Waals surface area contributed by atoms with E-state index in [4.69, 9.17) is 5.11 Å². The van der Waals surface area contributed by atoms with E-state index in [1.807, 2.05) is 48.5 Å². The molecule has 0 unspecified atom stereocenters. The number of anilines is 2. The van der Waals surface area contributed by atoms with Crippen LogP contribution in [0.2, 0.25) is 0 Å². The zero-order valence-corrected chi connectivity index (χ0v) is 21.2. The Balaban J connectivity index is 1.36. The number of imide groups is 1. The Labute approximate surface area is 221 Å². The molecule has 8 nitrogen and oxygen atoms in total. The Morgan fingerprint density at radius 2 is 1.58 bits per heavy atom. The van der Waals surface area contributed by atoms with Crippen LogP contribution in [0.1, 0.15) is 27.9 Å². The highest BCUT2D eigenvalue weighted by molar-refractivity contribution is 6.31. The molecule has 0 atom stereocenters. The molecule has 2 aliphatic rings. The number of nitrogens with one attached hydrogen (secondary N) is 2. The van der Waals surface area contributed by atoms with E-state index in [1.165, 1.54) is 5.69 Å². The van der Waals surface area contributed by atoms with Gasteiger partial charge in [-0.05, 0) is 66.6 Å². The number of nitrogens with zero attached hydrogens (tertiary/aromatic N) is 2. The maximum Gasteiger partial charge on any atom is 0.303 e. The molecule has 3 aromatic rings. The third kappa shape index (κ3) is 5.60. The van der Waals surface area contributed by atoms with Gasteiger partial charge in [0.15, 0.2) is 0 Å². The van der Waals surface area contributed by atoms with E-state index in [0.29, 0.717) is 23.1 Å². The summed E-state index contributed by atoms with van der Waals surface area (Å²) in [7, 11) is 2.13. The molecule has 2 amide bonds. The Bertz CT molecular complexity index is 1390. The third-order valence-electron chi connectivity index (χ3n) is 7.06. The van der Waals surface area contributed by atoms with Crippen molar-refractivity contribution in [1.82, 2.24) is 10.2 Å². The monoisotopic (exact) mass is 510 g/mol. The fraction of sp³-hybridized carbons (Fsp3) is 0.233. The normalized spacial score (nSPS) is 16.8. The number of aliphatic carboxylic acids is 1. The number of likely N-dealkylation sites (N-methyl/N-ethyl adjacent to an activating group) is 1. The average molecular weight is 511 g/mol. The molecule has 0 radical (unpaired) electrons. The standard InChI is InChI=1S/C30H30N4O4/c1-33-14-16-34(17-15-33)24-10-8-23(9-11-24)31-19-27-26-18-22(7-12-25(26)29(37)32-30(27)38)21-5-2-20(3-6-21)4-13-28(35)36/h2-3,5-12,18-19,31H,4,13-17H2,1H3,(H,35,36)(H,32,37,38). The molecular weight excluding hydrogens is 480 g/mol. The van der Waals surface area contributed by atoms with Gasteiger partial charge in [0.05, 0.1) is 5.57 Å². The van der Waals surface area contributed by atoms with Crippen molar-refractivity contribution in [3.63, 3.8) is 0 Å². The van der Waals surface area contributed by atoms with Crippen molar-refractivity contribution < 1.29 is 19.5 Å². The van der Waals surface area contributed by atoms with Crippen LogP contribution in [0.25, 0.3) is 16.7 Å². The van der Waals surface area contributed by atoms with Gasteiger partial charge in [-0.25, -0.2) is 0 Å². The number of fused-ring (bicyclic) bond motifs is 1. The number of carbonyl (C=O) groups excluding carboxylic acids is 2. The fourth-order valence-corrected chi connectivity index (χ4v) is 4.75. The number of amides is 2. The fourth-order valence-electron chi connectivity index (χ4n) is 4.75. The number of carbonyl (C=O) groups is 3. The predicted molar refractivity (Wildman–Crippen MR) is 148 cm³/mol. The van der Waals surface area contributed by atoms with E-state index in [2.05, 4.69) is 39.6 Å². The summed E-state index contributed by atoms with van der Waals surface area (Å²) in [6, 6.07) is 21.2. The minimum Gasteiger partial charge on any atom is -0.481 e. The van der Waals surface area contributed by atoms with Gasteiger partial charge in [-0.3, -0.25) is 19.7 Å². The van der Waals surface area contributed by atoms with E-state index >= 15 is 0 Å².